The Morgan fingerprint density at radius 3 is 2.50 bits per heavy atom. The molecular weight excluding hydrogens is 76.1 g/mol. The van der Waals surface area contributed by atoms with Gasteiger partial charge in [0, 0.05) is 6.54 Å². The SMILES string of the molecule is [CH2]CCCN[NH]. The summed E-state index contributed by atoms with van der Waals surface area (Å²) in [6.45, 7) is 4.37. The molecule has 2 radical (unpaired) electrons. The van der Waals surface area contributed by atoms with E-state index in [1.165, 1.54) is 0 Å². The lowest BCUT2D eigenvalue weighted by Gasteiger charge is -1.88. The Morgan fingerprint density at radius 2 is 2.33 bits per heavy atom. The van der Waals surface area contributed by atoms with Crippen LogP contribution < -0.4 is 11.3 Å². The zero-order chi connectivity index (χ0) is 4.83. The van der Waals surface area contributed by atoms with Gasteiger partial charge in [-0.1, -0.05) is 13.3 Å². The maximum Gasteiger partial charge on any atom is 0.0113 e. The van der Waals surface area contributed by atoms with Gasteiger partial charge in [0.1, 0.15) is 0 Å². The highest BCUT2D eigenvalue weighted by Gasteiger charge is 1.74. The van der Waals surface area contributed by atoms with Crippen LogP contribution in [0.5, 0.6) is 0 Å². The van der Waals surface area contributed by atoms with Gasteiger partial charge in [-0.3, -0.25) is 0 Å². The third-order valence-electron chi connectivity index (χ3n) is 0.552. The van der Waals surface area contributed by atoms with Crippen molar-refractivity contribution in [2.24, 2.45) is 0 Å². The Balaban J connectivity index is 2.34. The molecular formula is C4H10N2. The summed E-state index contributed by atoms with van der Waals surface area (Å²) in [4.78, 5) is 0. The molecule has 2 N–H and O–H groups in total. The van der Waals surface area contributed by atoms with Crippen LogP contribution in [0.3, 0.4) is 0 Å². The van der Waals surface area contributed by atoms with E-state index in [2.05, 4.69) is 12.3 Å². The van der Waals surface area contributed by atoms with Crippen molar-refractivity contribution in [3.8, 4) is 0 Å². The summed E-state index contributed by atoms with van der Waals surface area (Å²) < 4.78 is 0. The zero-order valence-corrected chi connectivity index (χ0v) is 3.83. The van der Waals surface area contributed by atoms with Crippen molar-refractivity contribution >= 4 is 0 Å². The maximum absolute atomic E-state index is 6.43. The lowest BCUT2D eigenvalue weighted by molar-refractivity contribution is 0.668. The van der Waals surface area contributed by atoms with Crippen LogP contribution in [-0.4, -0.2) is 6.54 Å². The number of unbranched alkanes of at least 4 members (excludes halogenated alkanes) is 1. The second-order valence-electron chi connectivity index (χ2n) is 1.13. The van der Waals surface area contributed by atoms with Crippen LogP contribution in [0.1, 0.15) is 12.8 Å². The molecule has 0 aromatic heterocycles. The fourth-order valence-corrected chi connectivity index (χ4v) is 0.213. The zero-order valence-electron chi connectivity index (χ0n) is 3.83. The predicted octanol–water partition coefficient (Wildman–Crippen LogP) is 0.388. The largest absolute Gasteiger partial charge is 0.243 e. The van der Waals surface area contributed by atoms with E-state index < -0.39 is 0 Å². The minimum absolute atomic E-state index is 0.767. The van der Waals surface area contributed by atoms with Gasteiger partial charge in [-0.15, -0.1) is 0 Å². The smallest absolute Gasteiger partial charge is 0.0113 e. The van der Waals surface area contributed by atoms with E-state index in [0.717, 1.165) is 19.4 Å². The van der Waals surface area contributed by atoms with Crippen LogP contribution >= 0.6 is 0 Å². The predicted molar refractivity (Wildman–Crippen MR) is 25.7 cm³/mol. The summed E-state index contributed by atoms with van der Waals surface area (Å²) in [5, 5.41) is 0. The molecule has 0 atom stereocenters. The topological polar surface area (TPSA) is 35.8 Å². The van der Waals surface area contributed by atoms with Crippen molar-refractivity contribution in [2.75, 3.05) is 6.54 Å². The van der Waals surface area contributed by atoms with E-state index in [9.17, 15) is 0 Å². The van der Waals surface area contributed by atoms with Gasteiger partial charge >= 0.3 is 0 Å². The number of hydrogen-bond donors (Lipinski definition) is 1. The van der Waals surface area contributed by atoms with Gasteiger partial charge < -0.3 is 0 Å². The Labute approximate surface area is 38.7 Å². The summed E-state index contributed by atoms with van der Waals surface area (Å²) >= 11 is 0. The van der Waals surface area contributed by atoms with E-state index in [4.69, 9.17) is 5.84 Å². The highest BCUT2D eigenvalue weighted by atomic mass is 15.2. The second-order valence-corrected chi connectivity index (χ2v) is 1.13. The molecule has 0 fully saturated rings. The van der Waals surface area contributed by atoms with Gasteiger partial charge in [-0.25, -0.2) is 5.43 Å². The van der Waals surface area contributed by atoms with E-state index >= 15 is 0 Å². The maximum atomic E-state index is 6.43. The van der Waals surface area contributed by atoms with Crippen molar-refractivity contribution in [3.05, 3.63) is 6.92 Å². The van der Waals surface area contributed by atoms with E-state index in [0.29, 0.717) is 0 Å². The Hall–Kier alpha value is -0.0800. The molecule has 0 aliphatic rings. The summed E-state index contributed by atoms with van der Waals surface area (Å²) in [6.07, 6.45) is 1.93. The quantitative estimate of drug-likeness (QED) is 0.391. The first kappa shape index (κ1) is 5.92. The van der Waals surface area contributed by atoms with Gasteiger partial charge in [0.25, 0.3) is 0 Å². The minimum Gasteiger partial charge on any atom is -0.243 e. The Bertz CT molecular complexity index is 17.5. The van der Waals surface area contributed by atoms with Crippen LogP contribution in [0.2, 0.25) is 0 Å². The number of nitrogens with one attached hydrogen (secondary N) is 2. The molecule has 2 heteroatoms. The second kappa shape index (κ2) is 4.92. The molecule has 6 heavy (non-hydrogen) atoms. The van der Waals surface area contributed by atoms with Crippen molar-refractivity contribution in [1.29, 1.82) is 0 Å². The monoisotopic (exact) mass is 86.1 g/mol. The van der Waals surface area contributed by atoms with Crippen molar-refractivity contribution in [1.82, 2.24) is 11.3 Å². The minimum atomic E-state index is 0.767. The third-order valence-corrected chi connectivity index (χ3v) is 0.552. The Morgan fingerprint density at radius 1 is 1.67 bits per heavy atom. The fourth-order valence-electron chi connectivity index (χ4n) is 0.213. The molecule has 0 aromatic carbocycles. The van der Waals surface area contributed by atoms with Gasteiger partial charge in [-0.2, -0.15) is 5.84 Å². The van der Waals surface area contributed by atoms with Crippen LogP contribution in [0.4, 0.5) is 0 Å². The van der Waals surface area contributed by atoms with Gasteiger partial charge in [0.2, 0.25) is 0 Å². The number of hydrogen-bond acceptors (Lipinski definition) is 1. The van der Waals surface area contributed by atoms with Crippen LogP contribution in [-0.2, 0) is 0 Å². The molecule has 0 unspecified atom stereocenters. The van der Waals surface area contributed by atoms with Crippen LogP contribution in [0.25, 0.3) is 0 Å². The fraction of sp³-hybridized carbons (Fsp3) is 0.750. The van der Waals surface area contributed by atoms with Gasteiger partial charge in [0.15, 0.2) is 0 Å². The summed E-state index contributed by atoms with van der Waals surface area (Å²) in [5.74, 6) is 6.43. The van der Waals surface area contributed by atoms with Crippen molar-refractivity contribution in [2.45, 2.75) is 12.8 Å². The van der Waals surface area contributed by atoms with Crippen molar-refractivity contribution < 1.29 is 0 Å². The molecule has 0 bridgehead atoms. The lowest BCUT2D eigenvalue weighted by atomic mass is 10.3. The first-order valence-corrected chi connectivity index (χ1v) is 2.10. The van der Waals surface area contributed by atoms with Gasteiger partial charge in [0.05, 0.1) is 0 Å². The average molecular weight is 86.1 g/mol. The van der Waals surface area contributed by atoms with Crippen molar-refractivity contribution in [3.63, 3.8) is 0 Å². The molecule has 0 aliphatic heterocycles. The Kier molecular flexibility index (Phi) is 4.85. The highest BCUT2D eigenvalue weighted by Crippen LogP contribution is 1.78. The molecule has 0 amide bonds. The summed E-state index contributed by atoms with van der Waals surface area (Å²) in [5.41, 5.74) is 2.28. The van der Waals surface area contributed by atoms with Crippen LogP contribution in [0, 0.1) is 6.92 Å². The first-order chi connectivity index (χ1) is 2.91. The molecule has 0 saturated carbocycles. The highest BCUT2D eigenvalue weighted by molar-refractivity contribution is 4.40. The van der Waals surface area contributed by atoms with Gasteiger partial charge in [-0.05, 0) is 6.42 Å². The number of rotatable bonds is 3. The molecule has 2 nitrogen and oxygen atoms in total. The molecule has 0 saturated heterocycles. The summed E-state index contributed by atoms with van der Waals surface area (Å²) in [7, 11) is 0. The standard InChI is InChI=1S/C4H10N2/c1-2-3-4-6-5/h5-6H,1-4H2. The molecule has 0 aromatic rings. The first-order valence-electron chi connectivity index (χ1n) is 2.10. The molecule has 0 aliphatic carbocycles. The molecule has 0 spiro atoms. The molecule has 0 heterocycles. The lowest BCUT2D eigenvalue weighted by Crippen LogP contribution is -2.10. The third kappa shape index (κ3) is 3.92. The van der Waals surface area contributed by atoms with Crippen LogP contribution in [0.15, 0.2) is 0 Å². The summed E-state index contributed by atoms with van der Waals surface area (Å²) in [6, 6.07) is 0. The molecule has 36 valence electrons. The normalized spacial score (nSPS) is 9.00. The van der Waals surface area contributed by atoms with E-state index in [1.807, 2.05) is 0 Å². The van der Waals surface area contributed by atoms with E-state index in [1.54, 1.807) is 0 Å². The van der Waals surface area contributed by atoms with E-state index in [-0.39, 0.29) is 0 Å². The molecule has 0 rings (SSSR count). The average Bonchev–Trinajstić information content (AvgIpc) is 1.61.